The second kappa shape index (κ2) is 29.9. The molecule has 10 heteroatoms. The van der Waals surface area contributed by atoms with Crippen LogP contribution in [0.15, 0.2) is 0 Å². The molecule has 0 aliphatic carbocycles. The van der Waals surface area contributed by atoms with Crippen LogP contribution >= 0.6 is 0 Å². The first-order valence-corrected chi connectivity index (χ1v) is 13.4. The third-order valence-corrected chi connectivity index (χ3v) is 6.03. The molecule has 204 valence electrons. The Kier molecular flexibility index (Phi) is 33.9. The predicted molar refractivity (Wildman–Crippen MR) is 149 cm³/mol. The molecule has 0 saturated heterocycles. The van der Waals surface area contributed by atoms with Crippen LogP contribution in [0, 0.1) is 0 Å². The van der Waals surface area contributed by atoms with Crippen molar-refractivity contribution < 1.29 is 29.3 Å². The number of unbranched alkanes of at least 4 members (excludes halogenated alkanes) is 14. The molecule has 36 heavy (non-hydrogen) atoms. The van der Waals surface area contributed by atoms with Gasteiger partial charge in [-0.1, -0.05) is 96.8 Å². The van der Waals surface area contributed by atoms with Gasteiger partial charge in [0.05, 0.1) is 6.54 Å². The molecule has 0 saturated carbocycles. The molecule has 0 bridgehead atoms. The summed E-state index contributed by atoms with van der Waals surface area (Å²) in [4.78, 5) is 35.1. The molecule has 1 atom stereocenters. The number of ether oxygens (including phenoxy) is 1. The molecule has 0 aromatic rings. The number of nitrogens with zero attached hydrogens (tertiary/aromatic N) is 1. The zero-order chi connectivity index (χ0) is 25.4. The second-order valence-corrected chi connectivity index (χ2v) is 9.22. The minimum atomic E-state index is -1.11. The number of carbonyl (C=O) groups is 3. The Morgan fingerprint density at radius 1 is 0.750 bits per heavy atom. The van der Waals surface area contributed by atoms with Crippen molar-refractivity contribution in [1.82, 2.24) is 10.2 Å². The van der Waals surface area contributed by atoms with Gasteiger partial charge in [-0.3, -0.25) is 14.5 Å². The summed E-state index contributed by atoms with van der Waals surface area (Å²) in [6.07, 6.45) is 19.1. The molecule has 0 aromatic carbocycles. The van der Waals surface area contributed by atoms with E-state index in [2.05, 4.69) is 12.2 Å². The van der Waals surface area contributed by atoms with E-state index < -0.39 is 24.8 Å². The standard InChI is InChI=1S/C26H50N2O6.2Na.2H/c1-3-4-5-6-7-8-9-10-11-12-13-14-15-16-17-18-24(29)27-19-20-28(21-25(30)31)23(2)34-22-26(32)33;;;;/h23H,3-22H2,1-2H3,(H,27,29)(H,30,31)(H,32,33);;;;. The monoisotopic (exact) mass is 534 g/mol. The van der Waals surface area contributed by atoms with E-state index in [0.29, 0.717) is 13.0 Å². The van der Waals surface area contributed by atoms with Gasteiger partial charge in [-0.05, 0) is 13.3 Å². The summed E-state index contributed by atoms with van der Waals surface area (Å²) in [5.41, 5.74) is 0. The first kappa shape index (κ1) is 40.8. The summed E-state index contributed by atoms with van der Waals surface area (Å²) in [6.45, 7) is 3.65. The summed E-state index contributed by atoms with van der Waals surface area (Å²) in [5.74, 6) is -2.18. The Hall–Kier alpha value is 0.330. The Bertz CT molecular complexity index is 541. The van der Waals surface area contributed by atoms with Gasteiger partial charge in [0, 0.05) is 19.5 Å². The van der Waals surface area contributed by atoms with E-state index in [-0.39, 0.29) is 78.1 Å². The van der Waals surface area contributed by atoms with Crippen molar-refractivity contribution >= 4 is 77.0 Å². The molecule has 3 N–H and O–H groups in total. The number of hydrogen-bond acceptors (Lipinski definition) is 5. The first-order chi connectivity index (χ1) is 16.4. The van der Waals surface area contributed by atoms with E-state index in [9.17, 15) is 14.4 Å². The molecule has 1 amide bonds. The van der Waals surface area contributed by atoms with Gasteiger partial charge in [-0.2, -0.15) is 0 Å². The van der Waals surface area contributed by atoms with Crippen LogP contribution in [0.1, 0.15) is 117 Å². The summed E-state index contributed by atoms with van der Waals surface area (Å²) >= 11 is 0. The summed E-state index contributed by atoms with van der Waals surface area (Å²) in [7, 11) is 0. The average molecular weight is 535 g/mol. The Morgan fingerprint density at radius 2 is 1.19 bits per heavy atom. The molecule has 0 aromatic heterocycles. The SMILES string of the molecule is CCCCCCCCCCCCCCCCCC(=O)NCCN(CC(=O)O)C(C)OCC(=O)O.[NaH].[NaH]. The number of carboxylic acids is 2. The number of rotatable bonds is 25. The molecule has 0 aliphatic rings. The Balaban J connectivity index is -0.00000544. The van der Waals surface area contributed by atoms with Crippen molar-refractivity contribution in [1.29, 1.82) is 0 Å². The van der Waals surface area contributed by atoms with Gasteiger partial charge in [0.2, 0.25) is 5.91 Å². The minimum absolute atomic E-state index is 0. The van der Waals surface area contributed by atoms with Crippen LogP contribution in [0.4, 0.5) is 0 Å². The van der Waals surface area contributed by atoms with Gasteiger partial charge in [0.25, 0.3) is 0 Å². The normalized spacial score (nSPS) is 11.4. The quantitative estimate of drug-likeness (QED) is 0.0924. The molecule has 0 aliphatic heterocycles. The van der Waals surface area contributed by atoms with Crippen LogP contribution in [0.5, 0.6) is 0 Å². The van der Waals surface area contributed by atoms with Crippen molar-refractivity contribution in [3.05, 3.63) is 0 Å². The summed E-state index contributed by atoms with van der Waals surface area (Å²) < 4.78 is 5.13. The van der Waals surface area contributed by atoms with E-state index in [1.165, 1.54) is 81.9 Å². The van der Waals surface area contributed by atoms with Crippen molar-refractivity contribution in [3.8, 4) is 0 Å². The van der Waals surface area contributed by atoms with E-state index in [1.807, 2.05) is 0 Å². The van der Waals surface area contributed by atoms with Crippen LogP contribution < -0.4 is 5.32 Å². The Morgan fingerprint density at radius 3 is 1.61 bits per heavy atom. The molecule has 0 rings (SSSR count). The molecule has 0 radical (unpaired) electrons. The van der Waals surface area contributed by atoms with Crippen molar-refractivity contribution in [2.75, 3.05) is 26.2 Å². The van der Waals surface area contributed by atoms with Gasteiger partial charge in [-0.25, -0.2) is 4.79 Å². The van der Waals surface area contributed by atoms with E-state index in [0.717, 1.165) is 19.3 Å². The number of carboxylic acid groups (broad SMARTS) is 2. The van der Waals surface area contributed by atoms with E-state index in [1.54, 1.807) is 6.92 Å². The number of hydrogen-bond donors (Lipinski definition) is 3. The van der Waals surface area contributed by atoms with E-state index in [4.69, 9.17) is 14.9 Å². The van der Waals surface area contributed by atoms with Crippen LogP contribution in [-0.4, -0.2) is 125 Å². The fraction of sp³-hybridized carbons (Fsp3) is 0.885. The van der Waals surface area contributed by atoms with Gasteiger partial charge < -0.3 is 20.3 Å². The van der Waals surface area contributed by atoms with E-state index >= 15 is 0 Å². The number of amides is 1. The van der Waals surface area contributed by atoms with Gasteiger partial charge >= 0.3 is 71.1 Å². The maximum atomic E-state index is 12.0. The van der Waals surface area contributed by atoms with Crippen molar-refractivity contribution in [2.45, 2.75) is 123 Å². The number of carbonyl (C=O) groups excluding carboxylic acids is 1. The number of nitrogens with one attached hydrogen (secondary N) is 1. The average Bonchev–Trinajstić information content (AvgIpc) is 2.79. The molecule has 8 nitrogen and oxygen atoms in total. The predicted octanol–water partition coefficient (Wildman–Crippen LogP) is 3.90. The van der Waals surface area contributed by atoms with Crippen molar-refractivity contribution in [3.63, 3.8) is 0 Å². The molecule has 1 unspecified atom stereocenters. The first-order valence-electron chi connectivity index (χ1n) is 13.4. The fourth-order valence-electron chi connectivity index (χ4n) is 3.94. The molecule has 0 heterocycles. The van der Waals surface area contributed by atoms with Gasteiger partial charge in [-0.15, -0.1) is 0 Å². The maximum absolute atomic E-state index is 12.0. The van der Waals surface area contributed by atoms with Crippen molar-refractivity contribution in [2.24, 2.45) is 0 Å². The van der Waals surface area contributed by atoms with Crippen LogP contribution in [0.3, 0.4) is 0 Å². The third-order valence-electron chi connectivity index (χ3n) is 6.03. The molecular formula is C26H52N2Na2O6. The molecular weight excluding hydrogens is 482 g/mol. The molecule has 0 fully saturated rings. The van der Waals surface area contributed by atoms with Crippen LogP contribution in [-0.2, 0) is 19.1 Å². The fourth-order valence-corrected chi connectivity index (χ4v) is 3.94. The van der Waals surface area contributed by atoms with Gasteiger partial charge in [0.15, 0.2) is 0 Å². The zero-order valence-corrected chi connectivity index (χ0v) is 21.7. The Labute approximate surface area is 263 Å². The third kappa shape index (κ3) is 28.9. The van der Waals surface area contributed by atoms with Gasteiger partial charge in [0.1, 0.15) is 12.8 Å². The summed E-state index contributed by atoms with van der Waals surface area (Å²) in [6, 6.07) is 0. The second-order valence-electron chi connectivity index (χ2n) is 9.22. The topological polar surface area (TPSA) is 116 Å². The molecule has 0 spiro atoms. The number of aliphatic carboxylic acids is 2. The van der Waals surface area contributed by atoms with Crippen LogP contribution in [0.25, 0.3) is 0 Å². The zero-order valence-electron chi connectivity index (χ0n) is 21.7. The van der Waals surface area contributed by atoms with Crippen LogP contribution in [0.2, 0.25) is 0 Å². The summed E-state index contributed by atoms with van der Waals surface area (Å²) in [5, 5.41) is 20.5.